The van der Waals surface area contributed by atoms with Gasteiger partial charge >= 0.3 is 0 Å². The molecule has 1 aliphatic heterocycles. The van der Waals surface area contributed by atoms with Gasteiger partial charge < -0.3 is 19.5 Å². The van der Waals surface area contributed by atoms with Gasteiger partial charge in [-0.25, -0.2) is 4.98 Å². The zero-order valence-corrected chi connectivity index (χ0v) is 21.5. The van der Waals surface area contributed by atoms with Crippen molar-refractivity contribution in [2.75, 3.05) is 30.4 Å². The lowest BCUT2D eigenvalue weighted by Gasteiger charge is -2.23. The second-order valence-corrected chi connectivity index (χ2v) is 10.4. The van der Waals surface area contributed by atoms with E-state index in [0.717, 1.165) is 48.7 Å². The van der Waals surface area contributed by atoms with Crippen LogP contribution in [0, 0.1) is 6.92 Å². The van der Waals surface area contributed by atoms with Gasteiger partial charge in [0.1, 0.15) is 11.3 Å². The van der Waals surface area contributed by atoms with Gasteiger partial charge in [-0.3, -0.25) is 0 Å². The molecule has 0 saturated heterocycles. The molecule has 4 aromatic rings. The lowest BCUT2D eigenvalue weighted by atomic mass is 9.86. The molecular formula is C28H34N6O. The van der Waals surface area contributed by atoms with Gasteiger partial charge in [0, 0.05) is 25.8 Å². The summed E-state index contributed by atoms with van der Waals surface area (Å²) in [6.07, 6.45) is 3.67. The van der Waals surface area contributed by atoms with E-state index in [0.29, 0.717) is 11.6 Å². The molecule has 2 aromatic heterocycles. The van der Waals surface area contributed by atoms with Crippen LogP contribution in [0.15, 0.2) is 42.7 Å². The Kier molecular flexibility index (Phi) is 5.87. The van der Waals surface area contributed by atoms with E-state index in [1.54, 1.807) is 13.4 Å². The molecule has 0 saturated carbocycles. The lowest BCUT2D eigenvalue weighted by molar-refractivity contribution is 0.414. The molecule has 1 N–H and O–H groups in total. The van der Waals surface area contributed by atoms with Crippen molar-refractivity contribution in [3.63, 3.8) is 0 Å². The highest BCUT2D eigenvalue weighted by Crippen LogP contribution is 2.32. The van der Waals surface area contributed by atoms with Crippen LogP contribution in [0.1, 0.15) is 43.0 Å². The van der Waals surface area contributed by atoms with Gasteiger partial charge in [-0.2, -0.15) is 9.97 Å². The molecule has 182 valence electrons. The first-order chi connectivity index (χ1) is 16.7. The monoisotopic (exact) mass is 470 g/mol. The number of rotatable bonds is 4. The van der Waals surface area contributed by atoms with E-state index in [9.17, 15) is 0 Å². The smallest absolute Gasteiger partial charge is 0.229 e. The number of anilines is 3. The number of imidazole rings is 1. The molecule has 3 heterocycles. The number of hydrogen-bond acceptors (Lipinski definition) is 6. The normalized spacial score (nSPS) is 14.1. The van der Waals surface area contributed by atoms with Crippen molar-refractivity contribution < 1.29 is 4.74 Å². The lowest BCUT2D eigenvalue weighted by Crippen LogP contribution is -2.28. The number of benzene rings is 2. The van der Waals surface area contributed by atoms with Crippen LogP contribution >= 0.6 is 0 Å². The Balaban J connectivity index is 1.51. The maximum absolute atomic E-state index is 5.44. The number of fused-ring (bicyclic) bond motifs is 2. The summed E-state index contributed by atoms with van der Waals surface area (Å²) in [5, 5.41) is 3.63. The minimum Gasteiger partial charge on any atom is -0.497 e. The SMILES string of the molecule is COc1ccc2c(c1)CCN(c1nc(Nc3cc(C(C)(C)C)ccc3C)c3c(ncn3C)n1)CC2. The molecule has 0 spiro atoms. The van der Waals surface area contributed by atoms with E-state index in [4.69, 9.17) is 14.7 Å². The fourth-order valence-electron chi connectivity index (χ4n) is 4.65. The number of aromatic nitrogens is 4. The average molecular weight is 471 g/mol. The third-order valence-corrected chi connectivity index (χ3v) is 6.91. The van der Waals surface area contributed by atoms with Gasteiger partial charge in [0.15, 0.2) is 11.5 Å². The predicted molar refractivity (Wildman–Crippen MR) is 142 cm³/mol. The first kappa shape index (κ1) is 23.1. The largest absolute Gasteiger partial charge is 0.497 e. The Bertz CT molecular complexity index is 1380. The molecule has 35 heavy (non-hydrogen) atoms. The quantitative estimate of drug-likeness (QED) is 0.435. The van der Waals surface area contributed by atoms with Gasteiger partial charge in [-0.15, -0.1) is 0 Å². The zero-order chi connectivity index (χ0) is 24.7. The van der Waals surface area contributed by atoms with Crippen LogP contribution in [0.5, 0.6) is 5.75 Å². The molecule has 2 aromatic carbocycles. The molecule has 0 amide bonds. The van der Waals surface area contributed by atoms with Crippen molar-refractivity contribution in [3.05, 3.63) is 65.0 Å². The van der Waals surface area contributed by atoms with E-state index in [1.807, 2.05) is 17.7 Å². The number of ether oxygens (including phenoxy) is 1. The fraction of sp³-hybridized carbons (Fsp3) is 0.393. The van der Waals surface area contributed by atoms with Gasteiger partial charge in [-0.05, 0) is 65.6 Å². The third-order valence-electron chi connectivity index (χ3n) is 6.91. The summed E-state index contributed by atoms with van der Waals surface area (Å²) in [4.78, 5) is 16.7. The topological polar surface area (TPSA) is 68.1 Å². The number of hydrogen-bond donors (Lipinski definition) is 1. The highest BCUT2D eigenvalue weighted by Gasteiger charge is 2.21. The van der Waals surface area contributed by atoms with Crippen LogP contribution in [0.2, 0.25) is 0 Å². The van der Waals surface area contributed by atoms with Crippen molar-refractivity contribution >= 4 is 28.6 Å². The number of nitrogens with zero attached hydrogens (tertiary/aromatic N) is 5. The Morgan fingerprint density at radius 3 is 2.49 bits per heavy atom. The minimum atomic E-state index is 0.0621. The van der Waals surface area contributed by atoms with E-state index >= 15 is 0 Å². The molecule has 5 rings (SSSR count). The summed E-state index contributed by atoms with van der Waals surface area (Å²) in [7, 11) is 3.70. The number of methoxy groups -OCH3 is 1. The number of nitrogens with one attached hydrogen (secondary N) is 1. The van der Waals surface area contributed by atoms with E-state index < -0.39 is 0 Å². The standard InChI is InChI=1S/C28H34N6O/c1-18-7-9-21(28(2,3)4)16-23(18)30-26-24-25(29-17-33(24)5)31-27(32-26)34-13-11-19-8-10-22(35-6)15-20(19)12-14-34/h7-10,15-17H,11-14H2,1-6H3,(H,30,31,32). The van der Waals surface area contributed by atoms with Gasteiger partial charge in [-0.1, -0.05) is 39.0 Å². The van der Waals surface area contributed by atoms with Gasteiger partial charge in [0.25, 0.3) is 0 Å². The average Bonchev–Trinajstić information content (AvgIpc) is 3.07. The second-order valence-electron chi connectivity index (χ2n) is 10.4. The third kappa shape index (κ3) is 4.55. The molecule has 7 heteroatoms. The van der Waals surface area contributed by atoms with Crippen LogP contribution < -0.4 is 15.0 Å². The summed E-state index contributed by atoms with van der Waals surface area (Å²) in [5.41, 5.74) is 7.87. The molecule has 7 nitrogen and oxygen atoms in total. The number of aryl methyl sites for hydroxylation is 2. The van der Waals surface area contributed by atoms with Gasteiger partial charge in [0.05, 0.1) is 13.4 Å². The second kappa shape index (κ2) is 8.87. The van der Waals surface area contributed by atoms with E-state index in [1.165, 1.54) is 22.3 Å². The summed E-state index contributed by atoms with van der Waals surface area (Å²) in [6, 6.07) is 13.0. The molecular weight excluding hydrogens is 436 g/mol. The summed E-state index contributed by atoms with van der Waals surface area (Å²) in [6.45, 7) is 10.5. The first-order valence-electron chi connectivity index (χ1n) is 12.2. The Labute approximate surface area is 207 Å². The summed E-state index contributed by atoms with van der Waals surface area (Å²) < 4.78 is 7.42. The van der Waals surface area contributed by atoms with Crippen molar-refractivity contribution in [3.8, 4) is 5.75 Å². The molecule has 0 fully saturated rings. The highest BCUT2D eigenvalue weighted by molar-refractivity contribution is 5.87. The van der Waals surface area contributed by atoms with Crippen LogP contribution in [-0.4, -0.2) is 39.7 Å². The Morgan fingerprint density at radius 1 is 0.971 bits per heavy atom. The van der Waals surface area contributed by atoms with Gasteiger partial charge in [0.2, 0.25) is 5.95 Å². The maximum atomic E-state index is 5.44. The highest BCUT2D eigenvalue weighted by atomic mass is 16.5. The van der Waals surface area contributed by atoms with Crippen LogP contribution in [0.4, 0.5) is 17.5 Å². The summed E-state index contributed by atoms with van der Waals surface area (Å²) >= 11 is 0. The minimum absolute atomic E-state index is 0.0621. The maximum Gasteiger partial charge on any atom is 0.229 e. The molecule has 0 aliphatic carbocycles. The van der Waals surface area contributed by atoms with Crippen LogP contribution in [0.25, 0.3) is 11.2 Å². The van der Waals surface area contributed by atoms with Crippen LogP contribution in [-0.2, 0) is 25.3 Å². The molecule has 0 atom stereocenters. The van der Waals surface area contributed by atoms with Crippen LogP contribution in [0.3, 0.4) is 0 Å². The zero-order valence-electron chi connectivity index (χ0n) is 21.5. The van der Waals surface area contributed by atoms with Crippen molar-refractivity contribution in [2.24, 2.45) is 7.05 Å². The van der Waals surface area contributed by atoms with E-state index in [-0.39, 0.29) is 5.41 Å². The van der Waals surface area contributed by atoms with Crippen molar-refractivity contribution in [1.82, 2.24) is 19.5 Å². The molecule has 0 radical (unpaired) electrons. The Hall–Kier alpha value is -3.61. The molecule has 1 aliphatic rings. The summed E-state index contributed by atoms with van der Waals surface area (Å²) in [5.74, 6) is 2.40. The van der Waals surface area contributed by atoms with E-state index in [2.05, 4.69) is 73.2 Å². The molecule has 0 unspecified atom stereocenters. The predicted octanol–water partition coefficient (Wildman–Crippen LogP) is 5.33. The Morgan fingerprint density at radius 2 is 1.74 bits per heavy atom. The van der Waals surface area contributed by atoms with Crippen molar-refractivity contribution in [2.45, 2.75) is 46.0 Å². The molecule has 0 bridgehead atoms. The fourth-order valence-corrected chi connectivity index (χ4v) is 4.65. The first-order valence-corrected chi connectivity index (χ1v) is 12.2. The van der Waals surface area contributed by atoms with Crippen molar-refractivity contribution in [1.29, 1.82) is 0 Å².